The average molecular weight is 264 g/mol. The van der Waals surface area contributed by atoms with Gasteiger partial charge in [0.25, 0.3) is 0 Å². The molecule has 1 aliphatic rings. The first-order valence-electron chi connectivity index (χ1n) is 6.95. The van der Waals surface area contributed by atoms with Crippen molar-refractivity contribution in [1.29, 1.82) is 0 Å². The highest BCUT2D eigenvalue weighted by atomic mass is 19.1. The Morgan fingerprint density at radius 3 is 3.05 bits per heavy atom. The second-order valence-electron chi connectivity index (χ2n) is 5.15. The topological polar surface area (TPSA) is 41.1 Å². The molecule has 4 heteroatoms. The quantitative estimate of drug-likeness (QED) is 0.877. The maximum absolute atomic E-state index is 13.3. The van der Waals surface area contributed by atoms with Gasteiger partial charge in [0, 0.05) is 23.7 Å². The maximum atomic E-state index is 13.3. The van der Waals surface area contributed by atoms with Gasteiger partial charge in [0.05, 0.1) is 0 Å². The predicted octanol–water partition coefficient (Wildman–Crippen LogP) is 2.99. The molecule has 19 heavy (non-hydrogen) atoms. The Morgan fingerprint density at radius 1 is 1.47 bits per heavy atom. The molecule has 1 saturated heterocycles. The van der Waals surface area contributed by atoms with Crippen molar-refractivity contribution in [2.75, 3.05) is 11.9 Å². The standard InChI is InChI=1S/C15H21FN2O/c1-11-13(16)6-4-7-14(11)18-15(19)9-8-12-5-2-3-10-17-12/h4,6-7,12,17H,2-3,5,8-10H2,1H3,(H,18,19). The molecule has 1 amide bonds. The van der Waals surface area contributed by atoms with E-state index in [0.717, 1.165) is 19.4 Å². The smallest absolute Gasteiger partial charge is 0.224 e. The zero-order chi connectivity index (χ0) is 13.7. The first-order valence-corrected chi connectivity index (χ1v) is 6.95. The van der Waals surface area contributed by atoms with Crippen molar-refractivity contribution in [2.24, 2.45) is 0 Å². The third-order valence-corrected chi connectivity index (χ3v) is 3.67. The zero-order valence-electron chi connectivity index (χ0n) is 11.3. The number of piperidine rings is 1. The molecule has 1 heterocycles. The van der Waals surface area contributed by atoms with E-state index in [1.54, 1.807) is 19.1 Å². The molecule has 2 N–H and O–H groups in total. The molecule has 0 radical (unpaired) electrons. The van der Waals surface area contributed by atoms with E-state index in [4.69, 9.17) is 0 Å². The Labute approximate surface area is 113 Å². The van der Waals surface area contributed by atoms with Gasteiger partial charge in [-0.1, -0.05) is 12.5 Å². The van der Waals surface area contributed by atoms with Gasteiger partial charge in [0.15, 0.2) is 0 Å². The summed E-state index contributed by atoms with van der Waals surface area (Å²) in [5, 5.41) is 6.20. The van der Waals surface area contributed by atoms with Gasteiger partial charge < -0.3 is 10.6 Å². The van der Waals surface area contributed by atoms with E-state index in [1.807, 2.05) is 0 Å². The summed E-state index contributed by atoms with van der Waals surface area (Å²) >= 11 is 0. The van der Waals surface area contributed by atoms with Crippen LogP contribution in [-0.4, -0.2) is 18.5 Å². The number of carbonyl (C=O) groups is 1. The van der Waals surface area contributed by atoms with E-state index in [2.05, 4.69) is 10.6 Å². The van der Waals surface area contributed by atoms with Crippen molar-refractivity contribution < 1.29 is 9.18 Å². The van der Waals surface area contributed by atoms with Crippen LogP contribution in [0.25, 0.3) is 0 Å². The van der Waals surface area contributed by atoms with Gasteiger partial charge in [0.1, 0.15) is 5.82 Å². The fourth-order valence-electron chi connectivity index (χ4n) is 2.43. The van der Waals surface area contributed by atoms with Gasteiger partial charge in [-0.15, -0.1) is 0 Å². The number of amides is 1. The highest BCUT2D eigenvalue weighted by Gasteiger charge is 2.14. The van der Waals surface area contributed by atoms with Crippen LogP contribution < -0.4 is 10.6 Å². The zero-order valence-corrected chi connectivity index (χ0v) is 11.3. The van der Waals surface area contributed by atoms with E-state index in [9.17, 15) is 9.18 Å². The SMILES string of the molecule is Cc1c(F)cccc1NC(=O)CCC1CCCCN1. The number of hydrogen-bond donors (Lipinski definition) is 2. The van der Waals surface area contributed by atoms with Crippen LogP contribution in [0.15, 0.2) is 18.2 Å². The highest BCUT2D eigenvalue weighted by molar-refractivity contribution is 5.91. The van der Waals surface area contributed by atoms with E-state index in [-0.39, 0.29) is 11.7 Å². The minimum atomic E-state index is -0.285. The third-order valence-electron chi connectivity index (χ3n) is 3.67. The Hall–Kier alpha value is -1.42. The van der Waals surface area contributed by atoms with Gasteiger partial charge in [-0.2, -0.15) is 0 Å². The molecule has 0 aliphatic carbocycles. The number of carbonyl (C=O) groups excluding carboxylic acids is 1. The molecule has 1 aromatic carbocycles. The molecular formula is C15H21FN2O. The Balaban J connectivity index is 1.82. The molecular weight excluding hydrogens is 243 g/mol. The number of nitrogens with one attached hydrogen (secondary N) is 2. The summed E-state index contributed by atoms with van der Waals surface area (Å²) in [5.74, 6) is -0.326. The van der Waals surface area contributed by atoms with E-state index < -0.39 is 0 Å². The molecule has 1 aromatic rings. The van der Waals surface area contributed by atoms with Crippen LogP contribution in [0, 0.1) is 12.7 Å². The van der Waals surface area contributed by atoms with Gasteiger partial charge in [-0.25, -0.2) is 4.39 Å². The first kappa shape index (κ1) is 14.0. The number of hydrogen-bond acceptors (Lipinski definition) is 2. The maximum Gasteiger partial charge on any atom is 0.224 e. The molecule has 2 rings (SSSR count). The summed E-state index contributed by atoms with van der Waals surface area (Å²) in [5.41, 5.74) is 1.06. The molecule has 0 bridgehead atoms. The third kappa shape index (κ3) is 4.03. The second-order valence-corrected chi connectivity index (χ2v) is 5.15. The van der Waals surface area contributed by atoms with Crippen molar-refractivity contribution in [3.05, 3.63) is 29.6 Å². The fraction of sp³-hybridized carbons (Fsp3) is 0.533. The van der Waals surface area contributed by atoms with Crippen molar-refractivity contribution in [3.63, 3.8) is 0 Å². The van der Waals surface area contributed by atoms with Crippen molar-refractivity contribution in [3.8, 4) is 0 Å². The minimum Gasteiger partial charge on any atom is -0.326 e. The van der Waals surface area contributed by atoms with Gasteiger partial charge in [-0.05, 0) is 44.9 Å². The van der Waals surface area contributed by atoms with Crippen molar-refractivity contribution in [1.82, 2.24) is 5.32 Å². The van der Waals surface area contributed by atoms with Crippen molar-refractivity contribution in [2.45, 2.75) is 45.1 Å². The number of halogens is 1. The number of rotatable bonds is 4. The fourth-order valence-corrected chi connectivity index (χ4v) is 2.43. The Kier molecular flexibility index (Phi) is 4.91. The Bertz CT molecular complexity index is 442. The van der Waals surface area contributed by atoms with Crippen LogP contribution in [-0.2, 0) is 4.79 Å². The molecule has 1 aliphatic heterocycles. The van der Waals surface area contributed by atoms with Crippen LogP contribution in [0.3, 0.4) is 0 Å². The van der Waals surface area contributed by atoms with E-state index >= 15 is 0 Å². The second kappa shape index (κ2) is 6.66. The molecule has 104 valence electrons. The van der Waals surface area contributed by atoms with Crippen LogP contribution in [0.1, 0.15) is 37.7 Å². The molecule has 3 nitrogen and oxygen atoms in total. The summed E-state index contributed by atoms with van der Waals surface area (Å²) < 4.78 is 13.3. The van der Waals surface area contributed by atoms with Crippen LogP contribution >= 0.6 is 0 Å². The highest BCUT2D eigenvalue weighted by Crippen LogP contribution is 2.18. The Morgan fingerprint density at radius 2 is 2.32 bits per heavy atom. The van der Waals surface area contributed by atoms with E-state index in [1.165, 1.54) is 18.9 Å². The van der Waals surface area contributed by atoms with Crippen LogP contribution in [0.2, 0.25) is 0 Å². The monoisotopic (exact) mass is 264 g/mol. The molecule has 0 spiro atoms. The summed E-state index contributed by atoms with van der Waals surface area (Å²) in [7, 11) is 0. The summed E-state index contributed by atoms with van der Waals surface area (Å²) in [6.07, 6.45) is 4.94. The van der Waals surface area contributed by atoms with Crippen LogP contribution in [0.5, 0.6) is 0 Å². The summed E-state index contributed by atoms with van der Waals surface area (Å²) in [6.45, 7) is 2.73. The number of anilines is 1. The summed E-state index contributed by atoms with van der Waals surface area (Å²) in [4.78, 5) is 11.9. The van der Waals surface area contributed by atoms with Crippen LogP contribution in [0.4, 0.5) is 10.1 Å². The normalized spacial score (nSPS) is 19.2. The summed E-state index contributed by atoms with van der Waals surface area (Å²) in [6, 6.07) is 5.19. The average Bonchev–Trinajstić information content (AvgIpc) is 2.43. The minimum absolute atomic E-state index is 0.0407. The lowest BCUT2D eigenvalue weighted by Gasteiger charge is -2.23. The van der Waals surface area contributed by atoms with Crippen molar-refractivity contribution >= 4 is 11.6 Å². The molecule has 0 aromatic heterocycles. The van der Waals surface area contributed by atoms with E-state index in [0.29, 0.717) is 23.7 Å². The lowest BCUT2D eigenvalue weighted by Crippen LogP contribution is -2.34. The molecule has 1 fully saturated rings. The lowest BCUT2D eigenvalue weighted by atomic mass is 10.0. The first-order chi connectivity index (χ1) is 9.16. The molecule has 1 unspecified atom stereocenters. The number of benzene rings is 1. The molecule has 0 saturated carbocycles. The predicted molar refractivity (Wildman–Crippen MR) is 74.6 cm³/mol. The molecule has 1 atom stereocenters. The van der Waals surface area contributed by atoms with Gasteiger partial charge >= 0.3 is 0 Å². The van der Waals surface area contributed by atoms with Gasteiger partial charge in [-0.3, -0.25) is 4.79 Å². The lowest BCUT2D eigenvalue weighted by molar-refractivity contribution is -0.116. The largest absolute Gasteiger partial charge is 0.326 e. The van der Waals surface area contributed by atoms with Gasteiger partial charge in [0.2, 0.25) is 5.91 Å².